The summed E-state index contributed by atoms with van der Waals surface area (Å²) in [6.45, 7) is 1.50. The number of carbonyl (C=O) groups is 3. The predicted octanol–water partition coefficient (Wildman–Crippen LogP) is 3.59. The van der Waals surface area contributed by atoms with E-state index in [0.717, 1.165) is 10.8 Å². The van der Waals surface area contributed by atoms with Gasteiger partial charge in [-0.15, -0.1) is 0 Å². The van der Waals surface area contributed by atoms with Crippen LogP contribution in [0.4, 0.5) is 0 Å². The lowest BCUT2D eigenvalue weighted by Crippen LogP contribution is -2.28. The van der Waals surface area contributed by atoms with Crippen molar-refractivity contribution in [1.82, 2.24) is 0 Å². The fourth-order valence-corrected chi connectivity index (χ4v) is 2.60. The van der Waals surface area contributed by atoms with Crippen LogP contribution < -0.4 is 0 Å². The van der Waals surface area contributed by atoms with Crippen LogP contribution >= 0.6 is 0 Å². The molecule has 0 amide bonds. The maximum absolute atomic E-state index is 10.8. The highest BCUT2D eigenvalue weighted by Gasteiger charge is 2.34. The summed E-state index contributed by atoms with van der Waals surface area (Å²) in [6.07, 6.45) is 4.43. The Morgan fingerprint density at radius 3 is 2.19 bits per heavy atom. The van der Waals surface area contributed by atoms with Crippen molar-refractivity contribution in [2.24, 2.45) is 5.41 Å². The van der Waals surface area contributed by atoms with E-state index in [-0.39, 0.29) is 12.0 Å². The van der Waals surface area contributed by atoms with Crippen molar-refractivity contribution in [3.63, 3.8) is 0 Å². The third-order valence-electron chi connectivity index (χ3n) is 4.10. The molecule has 26 heavy (non-hydrogen) atoms. The lowest BCUT2D eigenvalue weighted by molar-refractivity contribution is -0.145. The number of fused-ring (bicyclic) bond motifs is 1. The second kappa shape index (κ2) is 7.65. The van der Waals surface area contributed by atoms with E-state index < -0.39 is 23.3 Å². The van der Waals surface area contributed by atoms with Crippen LogP contribution in [0, 0.1) is 5.41 Å². The summed E-state index contributed by atoms with van der Waals surface area (Å²) in [5, 5.41) is 28.1. The molecule has 1 unspecified atom stereocenters. The van der Waals surface area contributed by atoms with Gasteiger partial charge in [0.2, 0.25) is 0 Å². The maximum atomic E-state index is 10.8. The Bertz CT molecular complexity index is 920. The molecule has 6 heteroatoms. The summed E-state index contributed by atoms with van der Waals surface area (Å²) in [5.74, 6) is -2.94. The van der Waals surface area contributed by atoms with Gasteiger partial charge in [0, 0.05) is 5.57 Å². The number of allylic oxidation sites excluding steroid dienone is 2. The molecule has 0 saturated carbocycles. The van der Waals surface area contributed by atoms with E-state index in [1.807, 2.05) is 30.3 Å². The van der Waals surface area contributed by atoms with Crippen LogP contribution in [-0.2, 0) is 9.59 Å². The zero-order valence-electron chi connectivity index (χ0n) is 14.0. The highest BCUT2D eigenvalue weighted by molar-refractivity contribution is 6.03. The molecule has 134 valence electrons. The fraction of sp³-hybridized carbons (Fsp3) is 0.150. The number of rotatable bonds is 3. The monoisotopic (exact) mass is 354 g/mol. The highest BCUT2D eigenvalue weighted by Crippen LogP contribution is 2.31. The smallest absolute Gasteiger partial charge is 0.336 e. The van der Waals surface area contributed by atoms with Crippen molar-refractivity contribution < 1.29 is 29.7 Å². The number of carboxylic acids is 3. The van der Waals surface area contributed by atoms with Crippen LogP contribution in [0.3, 0.4) is 0 Å². The van der Waals surface area contributed by atoms with E-state index in [1.165, 1.54) is 25.2 Å². The standard InChI is InChI=1S/C11H8O2.C9H10O4/c12-11(13)10-7-3-5-8-4-1-2-6-9(8)10;1-9(8(12)13)4-2-3-6(5-9)7(10)11/h1-7H,(H,12,13);2-4H,5H2,1H3,(H,10,11)(H,12,13). The van der Waals surface area contributed by atoms with Gasteiger partial charge in [-0.2, -0.15) is 0 Å². The number of hydrogen-bond donors (Lipinski definition) is 3. The Morgan fingerprint density at radius 2 is 1.58 bits per heavy atom. The molecule has 0 spiro atoms. The largest absolute Gasteiger partial charge is 0.481 e. The average Bonchev–Trinajstić information content (AvgIpc) is 2.61. The Balaban J connectivity index is 0.000000187. The third-order valence-corrected chi connectivity index (χ3v) is 4.10. The Kier molecular flexibility index (Phi) is 5.57. The van der Waals surface area contributed by atoms with Crippen molar-refractivity contribution in [2.45, 2.75) is 13.3 Å². The molecule has 0 aliphatic heterocycles. The summed E-state index contributed by atoms with van der Waals surface area (Å²) in [7, 11) is 0. The van der Waals surface area contributed by atoms with E-state index in [4.69, 9.17) is 15.3 Å². The van der Waals surface area contributed by atoms with Gasteiger partial charge in [0.25, 0.3) is 0 Å². The fourth-order valence-electron chi connectivity index (χ4n) is 2.60. The first-order valence-electron chi connectivity index (χ1n) is 7.81. The summed E-state index contributed by atoms with van der Waals surface area (Å²) < 4.78 is 0. The van der Waals surface area contributed by atoms with E-state index in [0.29, 0.717) is 5.56 Å². The molecular weight excluding hydrogens is 336 g/mol. The molecule has 0 bridgehead atoms. The molecule has 3 rings (SSSR count). The number of aromatic carboxylic acids is 1. The molecule has 0 aromatic heterocycles. The van der Waals surface area contributed by atoms with Gasteiger partial charge in [-0.1, -0.05) is 54.6 Å². The summed E-state index contributed by atoms with van der Waals surface area (Å²) in [6, 6.07) is 12.7. The lowest BCUT2D eigenvalue weighted by Gasteiger charge is -2.23. The number of benzene rings is 2. The van der Waals surface area contributed by atoms with Crippen molar-refractivity contribution in [3.8, 4) is 0 Å². The van der Waals surface area contributed by atoms with Gasteiger partial charge in [-0.3, -0.25) is 4.79 Å². The molecule has 1 aliphatic rings. The van der Waals surface area contributed by atoms with Gasteiger partial charge in [-0.05, 0) is 30.2 Å². The van der Waals surface area contributed by atoms with E-state index in [1.54, 1.807) is 12.1 Å². The van der Waals surface area contributed by atoms with Crippen molar-refractivity contribution in [2.75, 3.05) is 0 Å². The minimum Gasteiger partial charge on any atom is -0.481 e. The van der Waals surface area contributed by atoms with E-state index in [9.17, 15) is 14.4 Å². The van der Waals surface area contributed by atoms with Crippen LogP contribution in [0.1, 0.15) is 23.7 Å². The SMILES string of the molecule is CC1(C(=O)O)C=CC=C(C(=O)O)C1.O=C(O)c1cccc2ccccc12. The van der Waals surface area contributed by atoms with Crippen LogP contribution in [0.5, 0.6) is 0 Å². The molecule has 1 atom stereocenters. The first-order chi connectivity index (χ1) is 12.2. The summed E-state index contributed by atoms with van der Waals surface area (Å²) in [4.78, 5) is 32.2. The minimum absolute atomic E-state index is 0.0359. The van der Waals surface area contributed by atoms with Crippen molar-refractivity contribution in [1.29, 1.82) is 0 Å². The molecule has 0 radical (unpaired) electrons. The predicted molar refractivity (Wildman–Crippen MR) is 96.1 cm³/mol. The normalized spacial score (nSPS) is 18.4. The third kappa shape index (κ3) is 4.16. The van der Waals surface area contributed by atoms with Gasteiger partial charge in [0.05, 0.1) is 11.0 Å². The minimum atomic E-state index is -1.08. The van der Waals surface area contributed by atoms with Crippen LogP contribution in [-0.4, -0.2) is 33.2 Å². The van der Waals surface area contributed by atoms with Crippen molar-refractivity contribution in [3.05, 3.63) is 71.8 Å². The van der Waals surface area contributed by atoms with Crippen LogP contribution in [0.15, 0.2) is 66.3 Å². The van der Waals surface area contributed by atoms with E-state index >= 15 is 0 Å². The molecule has 3 N–H and O–H groups in total. The first kappa shape index (κ1) is 18.9. The Labute approximate surface area is 149 Å². The highest BCUT2D eigenvalue weighted by atomic mass is 16.4. The molecular formula is C20H18O6. The maximum Gasteiger partial charge on any atom is 0.336 e. The second-order valence-corrected chi connectivity index (χ2v) is 6.09. The summed E-state index contributed by atoms with van der Waals surface area (Å²) >= 11 is 0. The number of carboxylic acid groups (broad SMARTS) is 3. The van der Waals surface area contributed by atoms with E-state index in [2.05, 4.69) is 0 Å². The van der Waals surface area contributed by atoms with Gasteiger partial charge < -0.3 is 15.3 Å². The van der Waals surface area contributed by atoms with Gasteiger partial charge in [0.15, 0.2) is 0 Å². The van der Waals surface area contributed by atoms with Crippen LogP contribution in [0.25, 0.3) is 10.8 Å². The topological polar surface area (TPSA) is 112 Å². The first-order valence-corrected chi connectivity index (χ1v) is 7.81. The lowest BCUT2D eigenvalue weighted by atomic mass is 9.80. The molecule has 2 aromatic rings. The summed E-state index contributed by atoms with van der Waals surface area (Å²) in [5.41, 5.74) is -0.590. The molecule has 6 nitrogen and oxygen atoms in total. The Hall–Kier alpha value is -3.41. The van der Waals surface area contributed by atoms with Gasteiger partial charge >= 0.3 is 17.9 Å². The molecule has 0 saturated heterocycles. The number of aliphatic carboxylic acids is 2. The molecule has 2 aromatic carbocycles. The Morgan fingerprint density at radius 1 is 0.923 bits per heavy atom. The number of hydrogen-bond acceptors (Lipinski definition) is 3. The van der Waals surface area contributed by atoms with Crippen molar-refractivity contribution >= 4 is 28.7 Å². The zero-order chi connectivity index (χ0) is 19.3. The van der Waals surface area contributed by atoms with Crippen LogP contribution in [0.2, 0.25) is 0 Å². The molecule has 0 fully saturated rings. The second-order valence-electron chi connectivity index (χ2n) is 6.09. The quantitative estimate of drug-likeness (QED) is 0.776. The average molecular weight is 354 g/mol. The molecule has 1 aliphatic carbocycles. The van der Waals surface area contributed by atoms with Gasteiger partial charge in [-0.25, -0.2) is 9.59 Å². The zero-order valence-corrected chi connectivity index (χ0v) is 14.0. The van der Waals surface area contributed by atoms with Gasteiger partial charge in [0.1, 0.15) is 0 Å². The molecule has 0 heterocycles.